The van der Waals surface area contributed by atoms with Gasteiger partial charge in [0, 0.05) is 49.5 Å². The summed E-state index contributed by atoms with van der Waals surface area (Å²) in [7, 11) is -4.70. The molecule has 2 aliphatic carbocycles. The number of pyridine rings is 2. The van der Waals surface area contributed by atoms with Gasteiger partial charge in [-0.15, -0.1) is 0 Å². The normalized spacial score (nSPS) is 15.8. The molecule has 14 nitrogen and oxygen atoms in total. The number of carbonyl (C=O) groups is 2. The van der Waals surface area contributed by atoms with Gasteiger partial charge in [0.15, 0.2) is 18.7 Å². The Morgan fingerprint density at radius 1 is 0.633 bits per heavy atom. The van der Waals surface area contributed by atoms with Gasteiger partial charge < -0.3 is 0 Å². The zero-order chi connectivity index (χ0) is 43.3. The maximum atomic E-state index is 14.6. The lowest BCUT2D eigenvalue weighted by molar-refractivity contribution is -0.122. The summed E-state index contributed by atoms with van der Waals surface area (Å²) in [5.74, 6) is -1.93. The van der Waals surface area contributed by atoms with Gasteiger partial charge >= 0.3 is 0 Å². The number of carbonyl (C=O) groups excluding carboxylic acids is 2. The number of aromatic nitrogens is 4. The van der Waals surface area contributed by atoms with Crippen molar-refractivity contribution in [2.45, 2.75) is 47.9 Å². The summed E-state index contributed by atoms with van der Waals surface area (Å²) in [4.78, 5) is 45.5. The molecule has 0 spiro atoms. The minimum absolute atomic E-state index is 0.0612. The SMILES string of the molecule is Cc1nc(N(C)C(=O)C2Cc3cc(F)c(-c4ccccn4)cc3C2)sc1S(N)(=O)=O.Cc1nc(N(C)C(=O)C2Cc3cc(F)c(-c4ccccn4)cc3C2)sc1S(N)(=O)=O. The molecule has 2 aliphatic rings. The number of benzene rings is 2. The van der Waals surface area contributed by atoms with Crippen LogP contribution < -0.4 is 20.1 Å². The van der Waals surface area contributed by atoms with Gasteiger partial charge in [0.25, 0.3) is 0 Å². The first-order chi connectivity index (χ1) is 28.3. The third-order valence-electron chi connectivity index (χ3n) is 10.3. The fourth-order valence-corrected chi connectivity index (χ4v) is 11.2. The summed E-state index contributed by atoms with van der Waals surface area (Å²) in [5, 5.41) is 10.9. The van der Waals surface area contributed by atoms with Crippen LogP contribution in [0.4, 0.5) is 19.0 Å². The second kappa shape index (κ2) is 16.6. The van der Waals surface area contributed by atoms with E-state index >= 15 is 0 Å². The van der Waals surface area contributed by atoms with Crippen LogP contribution in [-0.2, 0) is 55.3 Å². The molecule has 20 heteroatoms. The van der Waals surface area contributed by atoms with Crippen LogP contribution in [0.1, 0.15) is 33.6 Å². The van der Waals surface area contributed by atoms with Crippen LogP contribution in [0.2, 0.25) is 0 Å². The molecule has 0 aliphatic heterocycles. The molecule has 4 heterocycles. The smallest absolute Gasteiger partial charge is 0.249 e. The lowest BCUT2D eigenvalue weighted by atomic mass is 10.0. The predicted molar refractivity (Wildman–Crippen MR) is 224 cm³/mol. The molecule has 0 radical (unpaired) electrons. The van der Waals surface area contributed by atoms with Crippen molar-refractivity contribution < 1.29 is 35.2 Å². The van der Waals surface area contributed by atoms with E-state index in [1.807, 2.05) is 0 Å². The van der Waals surface area contributed by atoms with Crippen molar-refractivity contribution in [3.05, 3.63) is 118 Å². The van der Waals surface area contributed by atoms with Crippen molar-refractivity contribution in [1.29, 1.82) is 0 Å². The summed E-state index contributed by atoms with van der Waals surface area (Å²) in [5.41, 5.74) is 5.81. The third kappa shape index (κ3) is 8.75. The standard InChI is InChI=1S/2C20H19FN4O3S2/c2*1-11-19(30(22,27)28)29-20(24-11)25(2)18(26)14-7-12-9-15(16(21)10-13(12)8-14)17-5-3-4-6-23-17/h2*3-6,9-10,14H,7-8H2,1-2H3,(H2,22,27,28). The summed E-state index contributed by atoms with van der Waals surface area (Å²) in [6, 6.07) is 17.1. The number of nitrogens with zero attached hydrogens (tertiary/aromatic N) is 6. The van der Waals surface area contributed by atoms with Crippen LogP contribution in [0.5, 0.6) is 0 Å². The number of hydrogen-bond acceptors (Lipinski definition) is 12. The number of rotatable bonds is 8. The molecule has 0 saturated heterocycles. The molecular weight excluding hydrogens is 855 g/mol. The van der Waals surface area contributed by atoms with Gasteiger partial charge in [0.05, 0.1) is 22.8 Å². The van der Waals surface area contributed by atoms with Crippen molar-refractivity contribution in [3.8, 4) is 22.5 Å². The summed E-state index contributed by atoms with van der Waals surface area (Å²) >= 11 is 1.72. The molecule has 0 saturated carbocycles. The zero-order valence-electron chi connectivity index (χ0n) is 32.6. The van der Waals surface area contributed by atoms with E-state index in [9.17, 15) is 35.2 Å². The first-order valence-electron chi connectivity index (χ1n) is 18.3. The number of sulfonamides is 2. The Labute approximate surface area is 353 Å². The van der Waals surface area contributed by atoms with Crippen molar-refractivity contribution in [2.24, 2.45) is 22.1 Å². The molecule has 0 bridgehead atoms. The highest BCUT2D eigenvalue weighted by Gasteiger charge is 2.34. The fraction of sp³-hybridized carbons (Fsp3) is 0.250. The number of fused-ring (bicyclic) bond motifs is 2. The van der Waals surface area contributed by atoms with Crippen molar-refractivity contribution in [2.75, 3.05) is 23.9 Å². The molecule has 6 aromatic rings. The van der Waals surface area contributed by atoms with E-state index in [4.69, 9.17) is 10.3 Å². The van der Waals surface area contributed by atoms with E-state index in [2.05, 4.69) is 19.9 Å². The highest BCUT2D eigenvalue weighted by Crippen LogP contribution is 2.37. The number of amides is 2. The van der Waals surface area contributed by atoms with E-state index < -0.39 is 20.0 Å². The number of hydrogen-bond donors (Lipinski definition) is 2. The quantitative estimate of drug-likeness (QED) is 0.200. The van der Waals surface area contributed by atoms with Crippen LogP contribution in [-0.4, -0.2) is 62.7 Å². The molecule has 0 fully saturated rings. The molecule has 312 valence electrons. The summed E-state index contributed by atoms with van der Waals surface area (Å²) < 4.78 is 75.7. The van der Waals surface area contributed by atoms with Gasteiger partial charge in [0.2, 0.25) is 31.9 Å². The molecular formula is C40H38F2N8O6S4. The lowest BCUT2D eigenvalue weighted by Gasteiger charge is -2.18. The van der Waals surface area contributed by atoms with Crippen molar-refractivity contribution in [3.63, 3.8) is 0 Å². The maximum Gasteiger partial charge on any atom is 0.249 e. The highest BCUT2D eigenvalue weighted by molar-refractivity contribution is 7.91. The van der Waals surface area contributed by atoms with Crippen LogP contribution in [0.15, 0.2) is 81.5 Å². The first-order valence-corrected chi connectivity index (χ1v) is 23.0. The minimum Gasteiger partial charge on any atom is -0.291 e. The van der Waals surface area contributed by atoms with Gasteiger partial charge in [0.1, 0.15) is 11.6 Å². The van der Waals surface area contributed by atoms with Crippen LogP contribution in [0.3, 0.4) is 0 Å². The molecule has 8 rings (SSSR count). The Kier molecular flexibility index (Phi) is 11.8. The first kappa shape index (κ1) is 42.7. The van der Waals surface area contributed by atoms with Gasteiger partial charge in [-0.3, -0.25) is 29.4 Å². The largest absolute Gasteiger partial charge is 0.291 e. The fourth-order valence-electron chi connectivity index (χ4n) is 7.36. The second-order valence-electron chi connectivity index (χ2n) is 14.5. The van der Waals surface area contributed by atoms with Crippen molar-refractivity contribution >= 4 is 64.8 Å². The average Bonchev–Trinajstić information content (AvgIpc) is 4.01. The van der Waals surface area contributed by atoms with Crippen molar-refractivity contribution in [1.82, 2.24) is 19.9 Å². The Morgan fingerprint density at radius 3 is 1.28 bits per heavy atom. The van der Waals surface area contributed by atoms with Gasteiger partial charge in [-0.1, -0.05) is 34.8 Å². The number of nitrogens with two attached hydrogens (primary N) is 2. The molecule has 2 amide bonds. The van der Waals surface area contributed by atoms with E-state index in [0.29, 0.717) is 48.2 Å². The molecule has 2 unspecified atom stereocenters. The van der Waals surface area contributed by atoms with Crippen LogP contribution in [0, 0.1) is 37.3 Å². The Morgan fingerprint density at radius 2 is 0.983 bits per heavy atom. The number of aryl methyl sites for hydroxylation is 2. The number of primary sulfonamides is 2. The van der Waals surface area contributed by atoms with Crippen LogP contribution in [0.25, 0.3) is 22.5 Å². The van der Waals surface area contributed by atoms with E-state index in [0.717, 1.165) is 44.9 Å². The van der Waals surface area contributed by atoms with E-state index in [-0.39, 0.29) is 65.4 Å². The third-order valence-corrected chi connectivity index (χ3v) is 15.8. The minimum atomic E-state index is -3.90. The van der Waals surface area contributed by atoms with Gasteiger partial charge in [-0.2, -0.15) is 0 Å². The Balaban J connectivity index is 0.000000181. The topological polar surface area (TPSA) is 212 Å². The molecule has 2 atom stereocenters. The molecule has 4 aromatic heterocycles. The Bertz CT molecular complexity index is 2680. The van der Waals surface area contributed by atoms with E-state index in [1.165, 1.54) is 35.8 Å². The number of halogens is 2. The predicted octanol–water partition coefficient (Wildman–Crippen LogP) is 5.36. The zero-order valence-corrected chi connectivity index (χ0v) is 35.9. The maximum absolute atomic E-state index is 14.6. The number of thiazole rings is 2. The summed E-state index contributed by atoms with van der Waals surface area (Å²) in [6.07, 6.45) is 4.95. The molecule has 2 aromatic carbocycles. The van der Waals surface area contributed by atoms with Gasteiger partial charge in [-0.25, -0.2) is 45.9 Å². The average molecular weight is 893 g/mol. The molecule has 4 N–H and O–H groups in total. The second-order valence-corrected chi connectivity index (χ2v) is 19.9. The summed E-state index contributed by atoms with van der Waals surface area (Å²) in [6.45, 7) is 3.07. The van der Waals surface area contributed by atoms with E-state index in [1.54, 1.807) is 75.0 Å². The lowest BCUT2D eigenvalue weighted by Crippen LogP contribution is -2.33. The Hall–Kier alpha value is -5.38. The van der Waals surface area contributed by atoms with Crippen LogP contribution >= 0.6 is 22.7 Å². The number of anilines is 2. The highest BCUT2D eigenvalue weighted by atomic mass is 32.3. The molecule has 60 heavy (non-hydrogen) atoms. The monoisotopic (exact) mass is 892 g/mol. The van der Waals surface area contributed by atoms with Gasteiger partial charge in [-0.05, 0) is 110 Å².